The number of hydrogen-bond donors (Lipinski definition) is 1. The fourth-order valence-corrected chi connectivity index (χ4v) is 2.79. The van der Waals surface area contributed by atoms with Crippen LogP contribution in [0.15, 0.2) is 22.7 Å². The Kier molecular flexibility index (Phi) is 5.65. The van der Waals surface area contributed by atoms with E-state index in [4.69, 9.17) is 0 Å². The molecule has 0 atom stereocenters. The van der Waals surface area contributed by atoms with Crippen molar-refractivity contribution in [2.75, 3.05) is 38.1 Å². The maximum atomic E-state index is 11.9. The van der Waals surface area contributed by atoms with Crippen LogP contribution in [0.3, 0.4) is 0 Å². The standard InChI is InChI=1S/C16H24BrN3O/c1-12(2)9-18-10-13-4-5-14(17)8-15(13)20-7-6-19(3)16(21)11-20/h4-5,8,12,18H,6-7,9-11H2,1-3H3. The van der Waals surface area contributed by atoms with E-state index in [-0.39, 0.29) is 5.91 Å². The number of carbonyl (C=O) groups is 1. The molecule has 0 aliphatic carbocycles. The van der Waals surface area contributed by atoms with Crippen LogP contribution in [-0.4, -0.2) is 44.0 Å². The molecule has 0 bridgehead atoms. The second-order valence-electron chi connectivity index (χ2n) is 6.03. The van der Waals surface area contributed by atoms with Gasteiger partial charge in [0, 0.05) is 36.8 Å². The smallest absolute Gasteiger partial charge is 0.241 e. The number of likely N-dealkylation sites (N-methyl/N-ethyl adjacent to an activating group) is 1. The Bertz CT molecular complexity index is 504. The second kappa shape index (κ2) is 7.27. The molecule has 1 amide bonds. The first-order chi connectivity index (χ1) is 9.97. The van der Waals surface area contributed by atoms with E-state index in [1.807, 2.05) is 7.05 Å². The summed E-state index contributed by atoms with van der Waals surface area (Å²) in [6.07, 6.45) is 0. The van der Waals surface area contributed by atoms with E-state index < -0.39 is 0 Å². The normalized spacial score (nSPS) is 16.0. The van der Waals surface area contributed by atoms with Gasteiger partial charge in [-0.1, -0.05) is 35.8 Å². The van der Waals surface area contributed by atoms with Crippen LogP contribution in [0.5, 0.6) is 0 Å². The van der Waals surface area contributed by atoms with Crippen LogP contribution in [0.25, 0.3) is 0 Å². The predicted octanol–water partition coefficient (Wildman–Crippen LogP) is 2.47. The van der Waals surface area contributed by atoms with Gasteiger partial charge in [0.1, 0.15) is 0 Å². The van der Waals surface area contributed by atoms with Gasteiger partial charge in [-0.3, -0.25) is 4.79 Å². The van der Waals surface area contributed by atoms with Gasteiger partial charge >= 0.3 is 0 Å². The molecule has 5 heteroatoms. The van der Waals surface area contributed by atoms with Gasteiger partial charge in [-0.05, 0) is 30.2 Å². The summed E-state index contributed by atoms with van der Waals surface area (Å²) in [5.41, 5.74) is 2.40. The van der Waals surface area contributed by atoms with Crippen LogP contribution >= 0.6 is 15.9 Å². The average molecular weight is 354 g/mol. The van der Waals surface area contributed by atoms with E-state index in [0.717, 1.165) is 36.3 Å². The summed E-state index contributed by atoms with van der Waals surface area (Å²) >= 11 is 3.54. The van der Waals surface area contributed by atoms with Gasteiger partial charge < -0.3 is 15.1 Å². The van der Waals surface area contributed by atoms with Crippen LogP contribution in [0.4, 0.5) is 5.69 Å². The van der Waals surface area contributed by atoms with Crippen molar-refractivity contribution in [1.82, 2.24) is 10.2 Å². The van der Waals surface area contributed by atoms with Gasteiger partial charge in [0.05, 0.1) is 6.54 Å². The molecule has 1 aromatic carbocycles. The van der Waals surface area contributed by atoms with Crippen molar-refractivity contribution in [2.24, 2.45) is 5.92 Å². The summed E-state index contributed by atoms with van der Waals surface area (Å²) < 4.78 is 1.05. The minimum absolute atomic E-state index is 0.183. The quantitative estimate of drug-likeness (QED) is 0.883. The van der Waals surface area contributed by atoms with Crippen molar-refractivity contribution in [3.8, 4) is 0 Å². The zero-order valence-corrected chi connectivity index (χ0v) is 14.6. The first-order valence-electron chi connectivity index (χ1n) is 7.45. The van der Waals surface area contributed by atoms with E-state index in [9.17, 15) is 4.79 Å². The Labute approximate surface area is 135 Å². The summed E-state index contributed by atoms with van der Waals surface area (Å²) in [6, 6.07) is 6.31. The Morgan fingerprint density at radius 3 is 2.76 bits per heavy atom. The summed E-state index contributed by atoms with van der Waals surface area (Å²) in [5, 5.41) is 3.48. The van der Waals surface area contributed by atoms with Gasteiger partial charge in [0.25, 0.3) is 0 Å². The zero-order chi connectivity index (χ0) is 15.4. The van der Waals surface area contributed by atoms with Crippen molar-refractivity contribution in [1.29, 1.82) is 0 Å². The third kappa shape index (κ3) is 4.45. The monoisotopic (exact) mass is 353 g/mol. The Morgan fingerprint density at radius 2 is 2.10 bits per heavy atom. The van der Waals surface area contributed by atoms with Gasteiger partial charge in [0.2, 0.25) is 5.91 Å². The lowest BCUT2D eigenvalue weighted by molar-refractivity contribution is -0.129. The molecule has 1 N–H and O–H groups in total. The van der Waals surface area contributed by atoms with Gasteiger partial charge in [-0.25, -0.2) is 0 Å². The largest absolute Gasteiger partial charge is 0.360 e. The van der Waals surface area contributed by atoms with E-state index in [1.54, 1.807) is 4.90 Å². The maximum Gasteiger partial charge on any atom is 0.241 e. The highest BCUT2D eigenvalue weighted by molar-refractivity contribution is 9.10. The third-order valence-corrected chi connectivity index (χ3v) is 4.21. The molecule has 0 radical (unpaired) electrons. The first kappa shape index (κ1) is 16.3. The maximum absolute atomic E-state index is 11.9. The first-order valence-corrected chi connectivity index (χ1v) is 8.24. The van der Waals surface area contributed by atoms with Crippen molar-refractivity contribution in [3.05, 3.63) is 28.2 Å². The van der Waals surface area contributed by atoms with Crippen LogP contribution in [0.1, 0.15) is 19.4 Å². The number of rotatable bonds is 5. The number of benzene rings is 1. The number of hydrogen-bond acceptors (Lipinski definition) is 3. The Hall–Kier alpha value is -1.07. The van der Waals surface area contributed by atoms with Crippen molar-refractivity contribution >= 4 is 27.5 Å². The molecule has 4 nitrogen and oxygen atoms in total. The fourth-order valence-electron chi connectivity index (χ4n) is 2.44. The van der Waals surface area contributed by atoms with Crippen LogP contribution in [0, 0.1) is 5.92 Å². The fraction of sp³-hybridized carbons (Fsp3) is 0.562. The molecule has 1 heterocycles. The molecule has 0 saturated carbocycles. The number of amides is 1. The molecule has 1 aromatic rings. The highest BCUT2D eigenvalue weighted by Crippen LogP contribution is 2.26. The summed E-state index contributed by atoms with van der Waals surface area (Å²) in [7, 11) is 1.87. The highest BCUT2D eigenvalue weighted by atomic mass is 79.9. The van der Waals surface area contributed by atoms with Gasteiger partial charge in [-0.2, -0.15) is 0 Å². The summed E-state index contributed by atoms with van der Waals surface area (Å²) in [6.45, 7) is 8.37. The third-order valence-electron chi connectivity index (χ3n) is 3.71. The minimum Gasteiger partial charge on any atom is -0.360 e. The van der Waals surface area contributed by atoms with Gasteiger partial charge in [-0.15, -0.1) is 0 Å². The number of nitrogens with zero attached hydrogens (tertiary/aromatic N) is 2. The molecular weight excluding hydrogens is 330 g/mol. The molecule has 116 valence electrons. The van der Waals surface area contributed by atoms with E-state index in [2.05, 4.69) is 58.2 Å². The average Bonchev–Trinajstić information content (AvgIpc) is 2.43. The molecule has 1 saturated heterocycles. The minimum atomic E-state index is 0.183. The topological polar surface area (TPSA) is 35.6 Å². The van der Waals surface area contributed by atoms with E-state index in [1.165, 1.54) is 5.56 Å². The SMILES string of the molecule is CC(C)CNCc1ccc(Br)cc1N1CCN(C)C(=O)C1. The molecule has 0 unspecified atom stereocenters. The number of nitrogens with one attached hydrogen (secondary N) is 1. The highest BCUT2D eigenvalue weighted by Gasteiger charge is 2.22. The lowest BCUT2D eigenvalue weighted by Crippen LogP contribution is -2.48. The summed E-state index contributed by atoms with van der Waals surface area (Å²) in [4.78, 5) is 15.9. The lowest BCUT2D eigenvalue weighted by atomic mass is 10.1. The van der Waals surface area contributed by atoms with Crippen molar-refractivity contribution in [2.45, 2.75) is 20.4 Å². The lowest BCUT2D eigenvalue weighted by Gasteiger charge is -2.34. The molecule has 2 rings (SSSR count). The number of anilines is 1. The molecule has 1 fully saturated rings. The van der Waals surface area contributed by atoms with Gasteiger partial charge in [0.15, 0.2) is 0 Å². The molecule has 0 spiro atoms. The second-order valence-corrected chi connectivity index (χ2v) is 6.95. The molecule has 1 aliphatic rings. The number of carbonyl (C=O) groups excluding carboxylic acids is 1. The number of halogens is 1. The van der Waals surface area contributed by atoms with Crippen molar-refractivity contribution in [3.63, 3.8) is 0 Å². The molecule has 21 heavy (non-hydrogen) atoms. The molecular formula is C16H24BrN3O. The van der Waals surface area contributed by atoms with Crippen LogP contribution in [0.2, 0.25) is 0 Å². The van der Waals surface area contributed by atoms with Crippen LogP contribution < -0.4 is 10.2 Å². The Balaban J connectivity index is 2.13. The van der Waals surface area contributed by atoms with Crippen LogP contribution in [-0.2, 0) is 11.3 Å². The zero-order valence-electron chi connectivity index (χ0n) is 13.0. The van der Waals surface area contributed by atoms with E-state index >= 15 is 0 Å². The number of piperazine rings is 1. The Morgan fingerprint density at radius 1 is 1.33 bits per heavy atom. The molecule has 1 aliphatic heterocycles. The van der Waals surface area contributed by atoms with E-state index in [0.29, 0.717) is 12.5 Å². The summed E-state index contributed by atoms with van der Waals surface area (Å²) in [5.74, 6) is 0.816. The van der Waals surface area contributed by atoms with Crippen molar-refractivity contribution < 1.29 is 4.79 Å². The molecule has 0 aromatic heterocycles. The predicted molar refractivity (Wildman–Crippen MR) is 90.5 cm³/mol.